The molecule has 65 heavy (non-hydrogen) atoms. The van der Waals surface area contributed by atoms with E-state index in [0.29, 0.717) is 0 Å². The first-order chi connectivity index (χ1) is 31.3. The Labute approximate surface area is 392 Å². The Morgan fingerprint density at radius 3 is 2.05 bits per heavy atom. The van der Waals surface area contributed by atoms with E-state index in [4.69, 9.17) is 15.0 Å². The molecule has 4 aromatic heterocycles. The second kappa shape index (κ2) is 15.7. The average molecular weight is 1020 g/mol. The fraction of sp³-hybridized carbons (Fsp3) is 0.0847. The molecule has 4 heterocycles. The molecular weight excluding hydrogens is 974 g/mol. The van der Waals surface area contributed by atoms with Crippen molar-refractivity contribution in [3.8, 4) is 45.1 Å². The number of pyridine rings is 1. The number of rotatable bonds is 7. The minimum absolute atomic E-state index is 0. The van der Waals surface area contributed by atoms with Crippen LogP contribution in [0.2, 0.25) is 0 Å². The van der Waals surface area contributed by atoms with E-state index in [1.807, 2.05) is 18.3 Å². The molecule has 5 nitrogen and oxygen atoms in total. The Kier molecular flexibility index (Phi) is 9.79. The Hall–Kier alpha value is -7.33. The molecule has 6 heteroatoms. The third-order valence-corrected chi connectivity index (χ3v) is 13.4. The topological polar surface area (TPSA) is 49.7 Å². The number of para-hydroxylation sites is 2. The van der Waals surface area contributed by atoms with Crippen molar-refractivity contribution in [3.05, 3.63) is 217 Å². The molecule has 0 fully saturated rings. The van der Waals surface area contributed by atoms with Crippen LogP contribution in [-0.4, -0.2) is 19.1 Å². The van der Waals surface area contributed by atoms with Crippen molar-refractivity contribution in [1.29, 1.82) is 0 Å². The molecule has 8 aromatic carbocycles. The van der Waals surface area contributed by atoms with Crippen LogP contribution in [0.3, 0.4) is 0 Å². The Morgan fingerprint density at radius 2 is 1.28 bits per heavy atom. The average Bonchev–Trinajstić information content (AvgIpc) is 4.01. The number of nitrogens with zero attached hydrogens (tertiary/aromatic N) is 5. The zero-order valence-corrected chi connectivity index (χ0v) is 38.7. The second-order valence-electron chi connectivity index (χ2n) is 17.5. The van der Waals surface area contributed by atoms with Gasteiger partial charge in [0.05, 0.1) is 11.0 Å². The first-order valence-electron chi connectivity index (χ1n) is 21.9. The number of hydrogen-bond acceptors (Lipinski definition) is 2. The van der Waals surface area contributed by atoms with E-state index < -0.39 is 0 Å². The first kappa shape index (κ1) is 40.4. The molecule has 314 valence electrons. The van der Waals surface area contributed by atoms with E-state index in [1.165, 1.54) is 27.6 Å². The minimum Gasteiger partial charge on any atom is -0.656 e. The zero-order valence-electron chi connectivity index (χ0n) is 36.5. The van der Waals surface area contributed by atoms with Crippen molar-refractivity contribution >= 4 is 54.6 Å². The molecule has 0 aliphatic carbocycles. The molecule has 0 saturated carbocycles. The molecule has 0 atom stereocenters. The molecule has 0 spiro atoms. The smallest absolute Gasteiger partial charge is 0.656 e. The van der Waals surface area contributed by atoms with Crippen molar-refractivity contribution in [2.75, 3.05) is 0 Å². The van der Waals surface area contributed by atoms with Crippen LogP contribution in [0.25, 0.3) is 99.8 Å². The zero-order chi connectivity index (χ0) is 43.1. The van der Waals surface area contributed by atoms with Crippen molar-refractivity contribution in [1.82, 2.24) is 24.1 Å². The quantitative estimate of drug-likeness (QED) is 0.150. The molecule has 0 bridgehead atoms. The minimum atomic E-state index is -0.196. The van der Waals surface area contributed by atoms with Crippen LogP contribution >= 0.6 is 0 Å². The van der Waals surface area contributed by atoms with Gasteiger partial charge in [0.2, 0.25) is 0 Å². The fourth-order valence-electron chi connectivity index (χ4n) is 9.73. The van der Waals surface area contributed by atoms with E-state index in [1.54, 1.807) is 0 Å². The Morgan fingerprint density at radius 1 is 0.538 bits per heavy atom. The van der Waals surface area contributed by atoms with E-state index in [2.05, 4.69) is 213 Å². The van der Waals surface area contributed by atoms with Crippen LogP contribution in [0.5, 0.6) is 0 Å². The summed E-state index contributed by atoms with van der Waals surface area (Å²) in [5.74, 6) is 1.69. The van der Waals surface area contributed by atoms with E-state index >= 15 is 0 Å². The van der Waals surface area contributed by atoms with Crippen LogP contribution in [0, 0.1) is 19.9 Å². The molecule has 0 N–H and O–H groups in total. The summed E-state index contributed by atoms with van der Waals surface area (Å²) in [6, 6.07) is 68.9. The van der Waals surface area contributed by atoms with Gasteiger partial charge < -0.3 is 9.55 Å². The van der Waals surface area contributed by atoms with E-state index in [9.17, 15) is 0 Å². The predicted molar refractivity (Wildman–Crippen MR) is 265 cm³/mol. The molecule has 0 aliphatic heterocycles. The van der Waals surface area contributed by atoms with Gasteiger partial charge in [-0.1, -0.05) is 146 Å². The monoisotopic (exact) mass is 1020 g/mol. The predicted octanol–water partition coefficient (Wildman–Crippen LogP) is 14.5. The molecule has 0 amide bonds. The van der Waals surface area contributed by atoms with Gasteiger partial charge in [-0.25, -0.2) is 9.97 Å². The van der Waals surface area contributed by atoms with Gasteiger partial charge in [0.25, 0.3) is 0 Å². The standard InChI is InChI=1S/C59H43N5.Pt/c1-37-31-47-49-33-41(39-17-8-5-9-18-39)34-50(56(49)61-51(47)32-38(37)2)58-62-57-45(23-16-24-53(57)63(58)44-21-12-7-13-22-44)40-26-28-46-48-36-43(59(3,4)42-19-10-6-11-20-42)27-29-52(48)64(54(46)35-40)55-25-14-15-30-60-55;/h5-34,36H,1-4H3;/q-2;+2. The Bertz CT molecular complexity index is 3750. The van der Waals surface area contributed by atoms with Gasteiger partial charge in [-0.2, -0.15) is 0 Å². The second-order valence-corrected chi connectivity index (χ2v) is 17.5. The summed E-state index contributed by atoms with van der Waals surface area (Å²) in [7, 11) is 0. The molecule has 0 saturated heterocycles. The van der Waals surface area contributed by atoms with Crippen LogP contribution in [0.1, 0.15) is 36.1 Å². The maximum atomic E-state index is 5.68. The van der Waals surface area contributed by atoms with Crippen LogP contribution in [0.15, 0.2) is 188 Å². The van der Waals surface area contributed by atoms with Crippen molar-refractivity contribution in [2.24, 2.45) is 0 Å². The molecule has 12 rings (SSSR count). The van der Waals surface area contributed by atoms with Gasteiger partial charge >= 0.3 is 21.1 Å². The first-order valence-corrected chi connectivity index (χ1v) is 21.9. The van der Waals surface area contributed by atoms with Gasteiger partial charge in [-0.3, -0.25) is 4.57 Å². The maximum absolute atomic E-state index is 5.68. The van der Waals surface area contributed by atoms with E-state index in [-0.39, 0.29) is 26.5 Å². The van der Waals surface area contributed by atoms with Crippen molar-refractivity contribution < 1.29 is 21.1 Å². The van der Waals surface area contributed by atoms with Gasteiger partial charge in [0.15, 0.2) is 0 Å². The number of aryl methyl sites for hydroxylation is 2. The number of benzene rings is 8. The summed E-state index contributed by atoms with van der Waals surface area (Å²) in [6.07, 6.45) is 1.86. The van der Waals surface area contributed by atoms with Crippen LogP contribution < -0.4 is 4.98 Å². The number of imidazole rings is 1. The third-order valence-electron chi connectivity index (χ3n) is 13.4. The maximum Gasteiger partial charge on any atom is 2.00 e. The number of hydrogen-bond donors (Lipinski definition) is 0. The Balaban J connectivity index is 0.00000469. The van der Waals surface area contributed by atoms with Crippen LogP contribution in [0.4, 0.5) is 0 Å². The third kappa shape index (κ3) is 6.56. The number of aromatic nitrogens is 5. The SMILES string of the molecule is Cc1cc2[n-]c3c(-c4nc5c(-c6[c-]c7c(cc6)c6cc(C(C)(C)c8ccccc8)ccc6n7-c6ccccn6)cccc5n4-c4ccccc4)cc(-c4ccccc4)cc3c2cc1C.[Pt+2]. The van der Waals surface area contributed by atoms with Gasteiger partial charge in [-0.05, 0) is 117 Å². The molecular formula is C59H43N5Pt. The van der Waals surface area contributed by atoms with Gasteiger partial charge in [-0.15, -0.1) is 34.8 Å². The van der Waals surface area contributed by atoms with Gasteiger partial charge in [0, 0.05) is 28.4 Å². The molecule has 0 aliphatic rings. The van der Waals surface area contributed by atoms with Crippen molar-refractivity contribution in [2.45, 2.75) is 33.1 Å². The van der Waals surface area contributed by atoms with Crippen LogP contribution in [-0.2, 0) is 26.5 Å². The molecule has 0 radical (unpaired) electrons. The van der Waals surface area contributed by atoms with E-state index in [0.717, 1.165) is 94.4 Å². The normalized spacial score (nSPS) is 11.9. The molecule has 12 aromatic rings. The largest absolute Gasteiger partial charge is 2.00 e. The summed E-state index contributed by atoms with van der Waals surface area (Å²) in [4.78, 5) is 15.9. The summed E-state index contributed by atoms with van der Waals surface area (Å²) >= 11 is 0. The summed E-state index contributed by atoms with van der Waals surface area (Å²) in [5, 5.41) is 4.57. The summed E-state index contributed by atoms with van der Waals surface area (Å²) < 4.78 is 4.56. The fourth-order valence-corrected chi connectivity index (χ4v) is 9.73. The van der Waals surface area contributed by atoms with Gasteiger partial charge in [0.1, 0.15) is 11.6 Å². The molecule has 0 unspecified atom stereocenters. The summed E-state index contributed by atoms with van der Waals surface area (Å²) in [6.45, 7) is 8.95. The van der Waals surface area contributed by atoms with Crippen molar-refractivity contribution in [3.63, 3.8) is 0 Å². The number of fused-ring (bicyclic) bond motifs is 7. The summed E-state index contributed by atoms with van der Waals surface area (Å²) in [5.41, 5.74) is 17.0.